The van der Waals surface area contributed by atoms with Crippen LogP contribution in [0.4, 0.5) is 5.69 Å². The SMILES string of the molecule is CCNC(=O)C(=O)Nn1c(C(=O)Nc2ccc(Cl)cc2Cl)cc2cc(Cl)ccc21. The molecule has 10 heteroatoms. The molecule has 1 aromatic heterocycles. The molecule has 0 aliphatic heterocycles. The minimum atomic E-state index is -0.919. The average molecular weight is 454 g/mol. The molecule has 0 fully saturated rings. The number of likely N-dealkylation sites (N-methyl/N-ethyl adjacent to an activating group) is 1. The van der Waals surface area contributed by atoms with E-state index in [-0.39, 0.29) is 17.3 Å². The highest BCUT2D eigenvalue weighted by Crippen LogP contribution is 2.27. The fourth-order valence-electron chi connectivity index (χ4n) is 2.64. The van der Waals surface area contributed by atoms with Crippen molar-refractivity contribution in [3.8, 4) is 0 Å². The zero-order valence-electron chi connectivity index (χ0n) is 15.1. The molecule has 0 bridgehead atoms. The summed E-state index contributed by atoms with van der Waals surface area (Å²) in [5, 5.41) is 6.79. The van der Waals surface area contributed by atoms with E-state index in [0.717, 1.165) is 0 Å². The molecule has 0 spiro atoms. The molecule has 0 atom stereocenters. The standard InChI is InChI=1S/C19H15Cl3N4O3/c1-2-23-18(28)19(29)25-26-15-6-4-11(20)7-10(15)8-16(26)17(27)24-14-5-3-12(21)9-13(14)22/h3-9H,2H2,1H3,(H,23,28)(H,24,27)(H,25,29). The quantitative estimate of drug-likeness (QED) is 0.520. The Bertz CT molecular complexity index is 1130. The van der Waals surface area contributed by atoms with Crippen LogP contribution in [0.5, 0.6) is 0 Å². The van der Waals surface area contributed by atoms with Crippen LogP contribution in [0.15, 0.2) is 42.5 Å². The topological polar surface area (TPSA) is 92.2 Å². The van der Waals surface area contributed by atoms with Gasteiger partial charge in [-0.1, -0.05) is 34.8 Å². The first kappa shape index (κ1) is 21.0. The summed E-state index contributed by atoms with van der Waals surface area (Å²) in [4.78, 5) is 36.9. The predicted molar refractivity (Wildman–Crippen MR) is 114 cm³/mol. The number of anilines is 1. The van der Waals surface area contributed by atoms with Gasteiger partial charge in [-0.2, -0.15) is 0 Å². The molecule has 0 aliphatic rings. The molecule has 150 valence electrons. The Balaban J connectivity index is 2.00. The first-order valence-electron chi connectivity index (χ1n) is 8.46. The van der Waals surface area contributed by atoms with Crippen molar-refractivity contribution in [3.63, 3.8) is 0 Å². The van der Waals surface area contributed by atoms with E-state index in [4.69, 9.17) is 34.8 Å². The van der Waals surface area contributed by atoms with Crippen LogP contribution >= 0.6 is 34.8 Å². The second-order valence-electron chi connectivity index (χ2n) is 5.95. The normalized spacial score (nSPS) is 10.6. The average Bonchev–Trinajstić information content (AvgIpc) is 3.01. The molecule has 3 rings (SSSR count). The number of carbonyl (C=O) groups excluding carboxylic acids is 3. The van der Waals surface area contributed by atoms with Gasteiger partial charge in [-0.3, -0.25) is 19.8 Å². The molecular weight excluding hydrogens is 439 g/mol. The van der Waals surface area contributed by atoms with Crippen molar-refractivity contribution in [2.24, 2.45) is 0 Å². The van der Waals surface area contributed by atoms with E-state index in [0.29, 0.717) is 26.6 Å². The van der Waals surface area contributed by atoms with Crippen LogP contribution in [-0.2, 0) is 9.59 Å². The summed E-state index contributed by atoms with van der Waals surface area (Å²) in [6, 6.07) is 11.0. The molecular formula is C19H15Cl3N4O3. The maximum absolute atomic E-state index is 12.9. The maximum Gasteiger partial charge on any atom is 0.328 e. The molecule has 29 heavy (non-hydrogen) atoms. The monoisotopic (exact) mass is 452 g/mol. The van der Waals surface area contributed by atoms with Crippen molar-refractivity contribution in [1.29, 1.82) is 0 Å². The van der Waals surface area contributed by atoms with E-state index in [1.807, 2.05) is 0 Å². The van der Waals surface area contributed by atoms with Crippen molar-refractivity contribution < 1.29 is 14.4 Å². The minimum absolute atomic E-state index is 0.0749. The van der Waals surface area contributed by atoms with Crippen LogP contribution in [0.1, 0.15) is 17.4 Å². The fourth-order valence-corrected chi connectivity index (χ4v) is 3.28. The Morgan fingerprint density at radius 1 is 0.931 bits per heavy atom. The van der Waals surface area contributed by atoms with Crippen LogP contribution in [0.2, 0.25) is 15.1 Å². The summed E-state index contributed by atoms with van der Waals surface area (Å²) in [5.74, 6) is -2.30. The summed E-state index contributed by atoms with van der Waals surface area (Å²) in [6.07, 6.45) is 0. The Morgan fingerprint density at radius 2 is 1.62 bits per heavy atom. The predicted octanol–water partition coefficient (Wildman–Crippen LogP) is 4.06. The number of hydrogen-bond donors (Lipinski definition) is 3. The van der Waals surface area contributed by atoms with Crippen molar-refractivity contribution in [1.82, 2.24) is 9.99 Å². The Hall–Kier alpha value is -2.74. The number of halogens is 3. The first-order valence-corrected chi connectivity index (χ1v) is 9.60. The minimum Gasteiger partial charge on any atom is -0.348 e. The van der Waals surface area contributed by atoms with E-state index in [1.165, 1.54) is 10.7 Å². The first-order chi connectivity index (χ1) is 13.8. The lowest BCUT2D eigenvalue weighted by Crippen LogP contribution is -2.39. The number of aromatic nitrogens is 1. The van der Waals surface area contributed by atoms with Gasteiger partial charge >= 0.3 is 11.8 Å². The van der Waals surface area contributed by atoms with Gasteiger partial charge in [-0.25, -0.2) is 4.68 Å². The van der Waals surface area contributed by atoms with Crippen LogP contribution in [0.25, 0.3) is 10.9 Å². The molecule has 0 saturated carbocycles. The number of amides is 3. The maximum atomic E-state index is 12.9. The van der Waals surface area contributed by atoms with E-state index >= 15 is 0 Å². The van der Waals surface area contributed by atoms with Crippen LogP contribution < -0.4 is 16.1 Å². The number of hydrogen-bond acceptors (Lipinski definition) is 3. The van der Waals surface area contributed by atoms with Gasteiger partial charge in [0.05, 0.1) is 16.2 Å². The Labute approximate surface area is 180 Å². The van der Waals surface area contributed by atoms with Gasteiger partial charge in [-0.15, -0.1) is 0 Å². The van der Waals surface area contributed by atoms with E-state index in [9.17, 15) is 14.4 Å². The molecule has 3 N–H and O–H groups in total. The molecule has 3 aromatic rings. The lowest BCUT2D eigenvalue weighted by Gasteiger charge is -2.13. The summed E-state index contributed by atoms with van der Waals surface area (Å²) >= 11 is 18.0. The molecule has 7 nitrogen and oxygen atoms in total. The molecule has 0 aliphatic carbocycles. The third kappa shape index (κ3) is 4.64. The van der Waals surface area contributed by atoms with Crippen LogP contribution in [-0.4, -0.2) is 28.9 Å². The second-order valence-corrected chi connectivity index (χ2v) is 7.23. The number of benzene rings is 2. The summed E-state index contributed by atoms with van der Waals surface area (Å²) in [7, 11) is 0. The molecule has 1 heterocycles. The second kappa shape index (κ2) is 8.73. The molecule has 3 amide bonds. The number of rotatable bonds is 4. The smallest absolute Gasteiger partial charge is 0.328 e. The third-order valence-electron chi connectivity index (χ3n) is 3.93. The van der Waals surface area contributed by atoms with Crippen molar-refractivity contribution in [3.05, 3.63) is 63.2 Å². The molecule has 2 aromatic carbocycles. The number of fused-ring (bicyclic) bond motifs is 1. The van der Waals surface area contributed by atoms with Gasteiger partial charge in [0, 0.05) is 22.0 Å². The fraction of sp³-hybridized carbons (Fsp3) is 0.105. The Morgan fingerprint density at radius 3 is 2.31 bits per heavy atom. The van der Waals surface area contributed by atoms with Crippen molar-refractivity contribution in [2.45, 2.75) is 6.92 Å². The third-order valence-corrected chi connectivity index (χ3v) is 4.72. The van der Waals surface area contributed by atoms with Crippen LogP contribution in [0, 0.1) is 0 Å². The lowest BCUT2D eigenvalue weighted by atomic mass is 10.2. The molecule has 0 saturated heterocycles. The Kier molecular flexibility index (Phi) is 6.32. The van der Waals surface area contributed by atoms with Gasteiger partial charge in [0.2, 0.25) is 0 Å². The molecule has 0 radical (unpaired) electrons. The number of carbonyl (C=O) groups is 3. The highest BCUT2D eigenvalue weighted by Gasteiger charge is 2.21. The zero-order chi connectivity index (χ0) is 21.1. The lowest BCUT2D eigenvalue weighted by molar-refractivity contribution is -0.136. The summed E-state index contributed by atoms with van der Waals surface area (Å²) in [6.45, 7) is 1.98. The van der Waals surface area contributed by atoms with Gasteiger partial charge in [0.25, 0.3) is 5.91 Å². The van der Waals surface area contributed by atoms with Crippen molar-refractivity contribution in [2.75, 3.05) is 17.3 Å². The van der Waals surface area contributed by atoms with Crippen molar-refractivity contribution >= 4 is 69.1 Å². The van der Waals surface area contributed by atoms with E-state index in [2.05, 4.69) is 16.1 Å². The van der Waals surface area contributed by atoms with Gasteiger partial charge in [0.1, 0.15) is 5.69 Å². The largest absolute Gasteiger partial charge is 0.348 e. The zero-order valence-corrected chi connectivity index (χ0v) is 17.3. The molecule has 0 unspecified atom stereocenters. The van der Waals surface area contributed by atoms with Gasteiger partial charge in [0.15, 0.2) is 0 Å². The van der Waals surface area contributed by atoms with E-state index < -0.39 is 17.7 Å². The number of nitrogens with zero attached hydrogens (tertiary/aromatic N) is 1. The summed E-state index contributed by atoms with van der Waals surface area (Å²) in [5.41, 5.74) is 3.34. The van der Waals surface area contributed by atoms with E-state index in [1.54, 1.807) is 43.3 Å². The number of nitrogens with one attached hydrogen (secondary N) is 3. The van der Waals surface area contributed by atoms with Gasteiger partial charge < -0.3 is 10.6 Å². The van der Waals surface area contributed by atoms with Gasteiger partial charge in [-0.05, 0) is 49.4 Å². The van der Waals surface area contributed by atoms with Crippen LogP contribution in [0.3, 0.4) is 0 Å². The highest BCUT2D eigenvalue weighted by atomic mass is 35.5. The highest BCUT2D eigenvalue weighted by molar-refractivity contribution is 6.38. The summed E-state index contributed by atoms with van der Waals surface area (Å²) < 4.78 is 1.22.